The highest BCUT2D eigenvalue weighted by atomic mass is 16.6. The summed E-state index contributed by atoms with van der Waals surface area (Å²) in [5, 5.41) is 14.7. The molecular formula is C19H26N4O4. The van der Waals surface area contributed by atoms with Gasteiger partial charge in [0.25, 0.3) is 5.91 Å². The van der Waals surface area contributed by atoms with E-state index in [0.29, 0.717) is 23.1 Å². The number of carbonyl (C=O) groups is 1. The summed E-state index contributed by atoms with van der Waals surface area (Å²) in [7, 11) is 4.45. The van der Waals surface area contributed by atoms with Crippen LogP contribution in [-0.4, -0.2) is 44.3 Å². The number of rotatable bonds is 9. The van der Waals surface area contributed by atoms with Gasteiger partial charge in [-0.3, -0.25) is 4.79 Å². The monoisotopic (exact) mass is 374 g/mol. The Morgan fingerprint density at radius 3 is 2.44 bits per heavy atom. The molecule has 0 bridgehead atoms. The molecule has 1 aliphatic rings. The minimum absolute atomic E-state index is 0.174. The van der Waals surface area contributed by atoms with Crippen LogP contribution in [0.3, 0.4) is 0 Å². The Balaban J connectivity index is 2.15. The van der Waals surface area contributed by atoms with E-state index in [1.54, 1.807) is 6.07 Å². The number of nitrogens with one attached hydrogen (secondary N) is 1. The van der Waals surface area contributed by atoms with Crippen LogP contribution in [0.5, 0.6) is 0 Å². The Bertz CT molecular complexity index is 758. The third-order valence-corrected chi connectivity index (χ3v) is 4.34. The zero-order valence-corrected chi connectivity index (χ0v) is 16.4. The van der Waals surface area contributed by atoms with Crippen LogP contribution in [0.2, 0.25) is 0 Å². The van der Waals surface area contributed by atoms with Crippen molar-refractivity contribution >= 4 is 23.0 Å². The third kappa shape index (κ3) is 5.29. The van der Waals surface area contributed by atoms with Crippen molar-refractivity contribution in [3.8, 4) is 0 Å². The van der Waals surface area contributed by atoms with Gasteiger partial charge in [-0.2, -0.15) is 0 Å². The van der Waals surface area contributed by atoms with Gasteiger partial charge in [0.2, 0.25) is 0 Å². The van der Waals surface area contributed by atoms with E-state index >= 15 is 0 Å². The average Bonchev–Trinajstić information content (AvgIpc) is 3.40. The molecule has 2 unspecified atom stereocenters. The van der Waals surface area contributed by atoms with E-state index in [1.165, 1.54) is 21.3 Å². The number of oxime groups is 3. The fourth-order valence-electron chi connectivity index (χ4n) is 2.75. The lowest BCUT2D eigenvalue weighted by Gasteiger charge is -2.10. The van der Waals surface area contributed by atoms with E-state index < -0.39 is 0 Å². The van der Waals surface area contributed by atoms with Crippen LogP contribution in [-0.2, 0) is 25.9 Å². The van der Waals surface area contributed by atoms with Crippen molar-refractivity contribution in [2.45, 2.75) is 26.9 Å². The summed E-state index contributed by atoms with van der Waals surface area (Å²) in [6.07, 6.45) is 1.07. The second kappa shape index (κ2) is 9.70. The van der Waals surface area contributed by atoms with Crippen LogP contribution in [0.25, 0.3) is 0 Å². The normalized spacial score (nSPS) is 20.1. The van der Waals surface area contributed by atoms with Gasteiger partial charge in [-0.05, 0) is 19.3 Å². The maximum Gasteiger partial charge on any atom is 0.273 e. The number of amides is 1. The maximum absolute atomic E-state index is 12.1. The van der Waals surface area contributed by atoms with Crippen molar-refractivity contribution in [1.29, 1.82) is 0 Å². The van der Waals surface area contributed by atoms with E-state index in [0.717, 1.165) is 17.7 Å². The van der Waals surface area contributed by atoms with Crippen molar-refractivity contribution in [3.05, 3.63) is 35.4 Å². The fourth-order valence-corrected chi connectivity index (χ4v) is 2.75. The molecule has 1 aromatic carbocycles. The molecule has 0 heterocycles. The Morgan fingerprint density at radius 2 is 1.85 bits per heavy atom. The van der Waals surface area contributed by atoms with Crippen LogP contribution in [0.1, 0.15) is 31.4 Å². The first-order valence-corrected chi connectivity index (χ1v) is 8.72. The van der Waals surface area contributed by atoms with Crippen molar-refractivity contribution in [3.63, 3.8) is 0 Å². The van der Waals surface area contributed by atoms with E-state index in [1.807, 2.05) is 25.1 Å². The molecule has 0 radical (unpaired) electrons. The quantitative estimate of drug-likeness (QED) is 0.530. The molecule has 27 heavy (non-hydrogen) atoms. The standard InChI is InChI=1S/C19H26N4O4/c1-12-10-16(12)17(22-25-4)13(2)21-27-11-14-8-6-7-9-15(14)18(23-26-5)19(24)20-3/h6-9,12,16H,10-11H2,1-5H3,(H,20,24)/b21-13-,22-17-,23-18-. The van der Waals surface area contributed by atoms with E-state index in [-0.39, 0.29) is 18.2 Å². The summed E-state index contributed by atoms with van der Waals surface area (Å²) in [6.45, 7) is 4.18. The van der Waals surface area contributed by atoms with Crippen molar-refractivity contribution < 1.29 is 19.3 Å². The minimum Gasteiger partial charge on any atom is -0.399 e. The molecule has 8 heteroatoms. The van der Waals surface area contributed by atoms with Crippen LogP contribution >= 0.6 is 0 Å². The van der Waals surface area contributed by atoms with E-state index in [2.05, 4.69) is 27.7 Å². The van der Waals surface area contributed by atoms with Crippen LogP contribution in [0.15, 0.2) is 39.7 Å². The van der Waals surface area contributed by atoms with Gasteiger partial charge in [0.15, 0.2) is 5.71 Å². The smallest absolute Gasteiger partial charge is 0.273 e. The lowest BCUT2D eigenvalue weighted by molar-refractivity contribution is -0.114. The van der Waals surface area contributed by atoms with Gasteiger partial charge in [0, 0.05) is 24.1 Å². The minimum atomic E-state index is -0.346. The highest BCUT2D eigenvalue weighted by Crippen LogP contribution is 2.39. The van der Waals surface area contributed by atoms with Gasteiger partial charge in [-0.1, -0.05) is 46.7 Å². The average molecular weight is 374 g/mol. The molecule has 0 aliphatic heterocycles. The summed E-state index contributed by atoms with van der Waals surface area (Å²) < 4.78 is 0. The molecule has 146 valence electrons. The molecule has 2 rings (SSSR count). The summed E-state index contributed by atoms with van der Waals surface area (Å²) in [5.74, 6) is 0.588. The second-order valence-electron chi connectivity index (χ2n) is 6.29. The second-order valence-corrected chi connectivity index (χ2v) is 6.29. The van der Waals surface area contributed by atoms with Crippen LogP contribution < -0.4 is 5.32 Å². The highest BCUT2D eigenvalue weighted by molar-refractivity contribution is 6.45. The molecule has 1 amide bonds. The predicted molar refractivity (Wildman–Crippen MR) is 104 cm³/mol. The Morgan fingerprint density at radius 1 is 1.19 bits per heavy atom. The number of carbonyl (C=O) groups excluding carboxylic acids is 1. The molecule has 1 aromatic rings. The van der Waals surface area contributed by atoms with Gasteiger partial charge >= 0.3 is 0 Å². The predicted octanol–water partition coefficient (Wildman–Crippen LogP) is 2.33. The number of hydrogen-bond donors (Lipinski definition) is 1. The topological polar surface area (TPSA) is 93.9 Å². The summed E-state index contributed by atoms with van der Waals surface area (Å²) in [4.78, 5) is 27.4. The lowest BCUT2D eigenvalue weighted by Crippen LogP contribution is -2.29. The van der Waals surface area contributed by atoms with Gasteiger partial charge < -0.3 is 19.8 Å². The SMILES string of the molecule is CNC(=O)/C(=N\OC)c1ccccc1CO/N=C(C)\C(=N\OC)C1CC1C. The first-order chi connectivity index (χ1) is 13.0. The van der Waals surface area contributed by atoms with Crippen molar-refractivity contribution in [2.75, 3.05) is 21.3 Å². The van der Waals surface area contributed by atoms with Crippen LogP contribution in [0.4, 0.5) is 0 Å². The van der Waals surface area contributed by atoms with Gasteiger partial charge in [-0.25, -0.2) is 0 Å². The molecular weight excluding hydrogens is 348 g/mol. The summed E-state index contributed by atoms with van der Waals surface area (Å²) in [6, 6.07) is 7.31. The number of hydrogen-bond acceptors (Lipinski definition) is 7. The Kier molecular flexibility index (Phi) is 7.34. The molecule has 8 nitrogen and oxygen atoms in total. The Hall–Kier alpha value is -2.90. The highest BCUT2D eigenvalue weighted by Gasteiger charge is 2.39. The van der Waals surface area contributed by atoms with Gasteiger partial charge in [-0.15, -0.1) is 0 Å². The molecule has 0 saturated heterocycles. The number of benzene rings is 1. The fraction of sp³-hybridized carbons (Fsp3) is 0.474. The molecule has 0 aromatic heterocycles. The molecule has 0 spiro atoms. The van der Waals surface area contributed by atoms with Crippen LogP contribution in [0, 0.1) is 11.8 Å². The first kappa shape index (κ1) is 20.4. The molecule has 1 aliphatic carbocycles. The van der Waals surface area contributed by atoms with E-state index in [4.69, 9.17) is 14.5 Å². The van der Waals surface area contributed by atoms with Gasteiger partial charge in [0.1, 0.15) is 32.2 Å². The number of nitrogens with zero attached hydrogens (tertiary/aromatic N) is 3. The van der Waals surface area contributed by atoms with Crippen molar-refractivity contribution in [1.82, 2.24) is 5.32 Å². The van der Waals surface area contributed by atoms with E-state index in [9.17, 15) is 4.79 Å². The van der Waals surface area contributed by atoms with Gasteiger partial charge in [0.05, 0.1) is 0 Å². The molecule has 1 fully saturated rings. The summed E-state index contributed by atoms with van der Waals surface area (Å²) in [5.41, 5.74) is 3.05. The third-order valence-electron chi connectivity index (χ3n) is 4.34. The molecule has 1 saturated carbocycles. The maximum atomic E-state index is 12.1. The number of likely N-dealkylation sites (N-methyl/N-ethyl adjacent to an activating group) is 1. The molecule has 1 N–H and O–H groups in total. The van der Waals surface area contributed by atoms with Crippen molar-refractivity contribution in [2.24, 2.45) is 27.3 Å². The first-order valence-electron chi connectivity index (χ1n) is 8.72. The zero-order chi connectivity index (χ0) is 19.8. The Labute approximate surface area is 159 Å². The zero-order valence-electron chi connectivity index (χ0n) is 16.4. The summed E-state index contributed by atoms with van der Waals surface area (Å²) >= 11 is 0. The lowest BCUT2D eigenvalue weighted by atomic mass is 10.0. The largest absolute Gasteiger partial charge is 0.399 e. The molecule has 2 atom stereocenters.